The molecule has 2 atom stereocenters. The Labute approximate surface area is 146 Å². The second-order valence-corrected chi connectivity index (χ2v) is 7.31. The van der Waals surface area contributed by atoms with Gasteiger partial charge in [-0.3, -0.25) is 14.2 Å². The van der Waals surface area contributed by atoms with E-state index in [1.807, 2.05) is 23.1 Å². The second-order valence-electron chi connectivity index (χ2n) is 6.93. The summed E-state index contributed by atoms with van der Waals surface area (Å²) in [5, 5.41) is 0.596. The molecule has 2 unspecified atom stereocenters. The molecule has 5 nitrogen and oxygen atoms in total. The molecule has 1 aliphatic rings. The Morgan fingerprint density at radius 1 is 1.25 bits per heavy atom. The first-order valence-electron chi connectivity index (χ1n) is 8.45. The summed E-state index contributed by atoms with van der Waals surface area (Å²) in [6.45, 7) is 6.29. The van der Waals surface area contributed by atoms with Crippen LogP contribution in [0.15, 0.2) is 29.1 Å². The van der Waals surface area contributed by atoms with Crippen LogP contribution in [-0.2, 0) is 11.3 Å². The number of carbonyl (C=O) groups is 1. The molecule has 3 rings (SSSR count). The molecule has 1 aromatic heterocycles. The molecule has 0 bridgehead atoms. The zero-order chi connectivity index (χ0) is 17.3. The highest BCUT2D eigenvalue weighted by Gasteiger charge is 2.25. The molecule has 2 heterocycles. The molecule has 1 fully saturated rings. The van der Waals surface area contributed by atoms with Crippen LogP contribution in [0.5, 0.6) is 0 Å². The van der Waals surface area contributed by atoms with Crippen molar-refractivity contribution in [2.75, 3.05) is 13.1 Å². The van der Waals surface area contributed by atoms with E-state index < -0.39 is 0 Å². The number of aromatic amines is 1. The van der Waals surface area contributed by atoms with Gasteiger partial charge >= 0.3 is 0 Å². The average molecular weight is 345 g/mol. The van der Waals surface area contributed by atoms with E-state index in [1.54, 1.807) is 6.07 Å². The molecule has 1 saturated heterocycles. The molecule has 1 N–H and O–H groups in total. The van der Waals surface area contributed by atoms with Gasteiger partial charge in [0.2, 0.25) is 5.91 Å². The molecule has 24 heavy (non-hydrogen) atoms. The molecule has 0 radical (unpaired) electrons. The average Bonchev–Trinajstić information content (AvgIpc) is 2.53. The zero-order valence-corrected chi connectivity index (χ0v) is 14.9. The molecule has 0 spiro atoms. The van der Waals surface area contributed by atoms with Crippen molar-refractivity contribution in [1.29, 1.82) is 0 Å². The number of fused-ring (bicyclic) bond motifs is 1. The standard InChI is InChI=1S/C18H23N3O2S/c1-12-9-13(2)11-20(10-12)16(22)7-8-21-17(23)14-5-3-4-6-15(14)19-18(21)24/h3-6,12-13H,7-11H2,1-2H3,(H,19,24). The van der Waals surface area contributed by atoms with Crippen molar-refractivity contribution in [2.45, 2.75) is 33.2 Å². The van der Waals surface area contributed by atoms with Crippen LogP contribution in [0, 0.1) is 16.6 Å². The number of aromatic nitrogens is 2. The number of para-hydroxylation sites is 1. The minimum atomic E-state index is -0.137. The Morgan fingerprint density at radius 3 is 2.62 bits per heavy atom. The summed E-state index contributed by atoms with van der Waals surface area (Å²) in [7, 11) is 0. The highest BCUT2D eigenvalue weighted by atomic mass is 32.1. The Balaban J connectivity index is 1.77. The fourth-order valence-corrected chi connectivity index (χ4v) is 3.92. The van der Waals surface area contributed by atoms with Crippen molar-refractivity contribution in [1.82, 2.24) is 14.5 Å². The molecule has 6 heteroatoms. The Bertz CT molecular complexity index is 860. The van der Waals surface area contributed by atoms with Crippen LogP contribution in [0.3, 0.4) is 0 Å². The first-order chi connectivity index (χ1) is 11.5. The molecule has 0 saturated carbocycles. The van der Waals surface area contributed by atoms with Gasteiger partial charge in [0.25, 0.3) is 5.56 Å². The lowest BCUT2D eigenvalue weighted by Crippen LogP contribution is -2.43. The number of nitrogens with one attached hydrogen (secondary N) is 1. The summed E-state index contributed by atoms with van der Waals surface area (Å²) < 4.78 is 1.86. The van der Waals surface area contributed by atoms with Gasteiger partial charge in [-0.2, -0.15) is 0 Å². The fourth-order valence-electron chi connectivity index (χ4n) is 3.63. The number of benzene rings is 1. The van der Waals surface area contributed by atoms with Crippen molar-refractivity contribution >= 4 is 29.0 Å². The van der Waals surface area contributed by atoms with Gasteiger partial charge in [0, 0.05) is 26.1 Å². The predicted molar refractivity (Wildman–Crippen MR) is 97.5 cm³/mol. The van der Waals surface area contributed by atoms with Gasteiger partial charge in [-0.25, -0.2) is 0 Å². The number of hydrogen-bond donors (Lipinski definition) is 1. The number of piperidine rings is 1. The van der Waals surface area contributed by atoms with E-state index in [0.29, 0.717) is 35.0 Å². The number of H-pyrrole nitrogens is 1. The maximum Gasteiger partial charge on any atom is 0.262 e. The van der Waals surface area contributed by atoms with Crippen LogP contribution in [0.25, 0.3) is 10.9 Å². The topological polar surface area (TPSA) is 58.1 Å². The van der Waals surface area contributed by atoms with E-state index in [4.69, 9.17) is 12.2 Å². The van der Waals surface area contributed by atoms with E-state index in [0.717, 1.165) is 18.6 Å². The Kier molecular flexibility index (Phi) is 4.85. The molecule has 2 aromatic rings. The van der Waals surface area contributed by atoms with Crippen molar-refractivity contribution in [3.63, 3.8) is 0 Å². The van der Waals surface area contributed by atoms with Crippen LogP contribution in [0.4, 0.5) is 0 Å². The molecule has 1 amide bonds. The van der Waals surface area contributed by atoms with E-state index in [9.17, 15) is 9.59 Å². The third kappa shape index (κ3) is 3.43. The number of hydrogen-bond acceptors (Lipinski definition) is 3. The molecule has 1 aromatic carbocycles. The van der Waals surface area contributed by atoms with E-state index in [2.05, 4.69) is 18.8 Å². The lowest BCUT2D eigenvalue weighted by molar-refractivity contribution is -0.134. The quantitative estimate of drug-likeness (QED) is 0.870. The molecular formula is C18H23N3O2S. The Morgan fingerprint density at radius 2 is 1.92 bits per heavy atom. The molecular weight excluding hydrogens is 322 g/mol. The number of likely N-dealkylation sites (tertiary alicyclic amines) is 1. The predicted octanol–water partition coefficient (Wildman–Crippen LogP) is 2.95. The highest BCUT2D eigenvalue weighted by Crippen LogP contribution is 2.21. The maximum atomic E-state index is 12.6. The van der Waals surface area contributed by atoms with Gasteiger partial charge in [0.1, 0.15) is 0 Å². The minimum absolute atomic E-state index is 0.0999. The first-order valence-corrected chi connectivity index (χ1v) is 8.86. The van der Waals surface area contributed by atoms with E-state index in [1.165, 1.54) is 11.0 Å². The first kappa shape index (κ1) is 16.9. The monoisotopic (exact) mass is 345 g/mol. The summed E-state index contributed by atoms with van der Waals surface area (Å²) in [4.78, 5) is 30.1. The number of rotatable bonds is 3. The lowest BCUT2D eigenvalue weighted by Gasteiger charge is -2.35. The summed E-state index contributed by atoms with van der Waals surface area (Å²) in [5.41, 5.74) is 0.594. The van der Waals surface area contributed by atoms with Crippen molar-refractivity contribution in [3.05, 3.63) is 39.4 Å². The normalized spacial score (nSPS) is 21.2. The third-order valence-corrected chi connectivity index (χ3v) is 4.98. The number of amides is 1. The number of nitrogens with zero attached hydrogens (tertiary/aromatic N) is 2. The molecule has 1 aliphatic heterocycles. The third-order valence-electron chi connectivity index (χ3n) is 4.66. The van der Waals surface area contributed by atoms with E-state index in [-0.39, 0.29) is 11.5 Å². The lowest BCUT2D eigenvalue weighted by atomic mass is 9.92. The van der Waals surface area contributed by atoms with E-state index >= 15 is 0 Å². The highest BCUT2D eigenvalue weighted by molar-refractivity contribution is 7.71. The largest absolute Gasteiger partial charge is 0.342 e. The molecule has 0 aliphatic carbocycles. The smallest absolute Gasteiger partial charge is 0.262 e. The van der Waals surface area contributed by atoms with Crippen LogP contribution >= 0.6 is 12.2 Å². The Hall–Kier alpha value is -1.95. The summed E-state index contributed by atoms with van der Waals surface area (Å²) in [5.74, 6) is 1.16. The van der Waals surface area contributed by atoms with Crippen LogP contribution in [-0.4, -0.2) is 33.4 Å². The van der Waals surface area contributed by atoms with Gasteiger partial charge in [-0.1, -0.05) is 26.0 Å². The van der Waals surface area contributed by atoms with Gasteiger partial charge < -0.3 is 9.88 Å². The SMILES string of the molecule is CC1CC(C)CN(C(=O)CCn2c(=S)[nH]c3ccccc3c2=O)C1. The van der Waals surface area contributed by atoms with Crippen LogP contribution in [0.1, 0.15) is 26.7 Å². The number of carbonyl (C=O) groups excluding carboxylic acids is 1. The summed E-state index contributed by atoms with van der Waals surface area (Å²) >= 11 is 5.30. The maximum absolute atomic E-state index is 12.6. The van der Waals surface area contributed by atoms with Gasteiger partial charge in [0.15, 0.2) is 4.77 Å². The van der Waals surface area contributed by atoms with Gasteiger partial charge in [0.05, 0.1) is 10.9 Å². The van der Waals surface area contributed by atoms with Crippen molar-refractivity contribution < 1.29 is 4.79 Å². The van der Waals surface area contributed by atoms with Crippen LogP contribution < -0.4 is 5.56 Å². The minimum Gasteiger partial charge on any atom is -0.342 e. The summed E-state index contributed by atoms with van der Waals surface area (Å²) in [6.07, 6.45) is 1.47. The van der Waals surface area contributed by atoms with Gasteiger partial charge in [-0.15, -0.1) is 0 Å². The second kappa shape index (κ2) is 6.89. The van der Waals surface area contributed by atoms with Crippen molar-refractivity contribution in [2.24, 2.45) is 11.8 Å². The zero-order valence-electron chi connectivity index (χ0n) is 14.1. The van der Waals surface area contributed by atoms with Crippen molar-refractivity contribution in [3.8, 4) is 0 Å². The molecule has 128 valence electrons. The fraction of sp³-hybridized carbons (Fsp3) is 0.500. The van der Waals surface area contributed by atoms with Crippen LogP contribution in [0.2, 0.25) is 0 Å². The van der Waals surface area contributed by atoms with Gasteiger partial charge in [-0.05, 0) is 42.6 Å². The summed E-state index contributed by atoms with van der Waals surface area (Å²) in [6, 6.07) is 7.29.